The highest BCUT2D eigenvalue weighted by Gasteiger charge is 2.30. The van der Waals surface area contributed by atoms with Gasteiger partial charge in [-0.25, -0.2) is 4.98 Å². The van der Waals surface area contributed by atoms with Crippen LogP contribution in [0.1, 0.15) is 24.0 Å². The zero-order valence-corrected chi connectivity index (χ0v) is 18.5. The standard InChI is InChI=1S/C23H23ClF3N5O/c24-21-19(14-30-32(22(21)33)20-7-6-18(13-29-20)23(25,26)27)28-12-16-8-10-31(11-9-16)15-17-4-2-1-3-5-17/h1-7,13-14,16,28H,8-12,15H2. The molecule has 0 atom stereocenters. The molecule has 0 radical (unpaired) electrons. The Hall–Kier alpha value is -2.91. The van der Waals surface area contributed by atoms with Crippen molar-refractivity contribution in [3.63, 3.8) is 0 Å². The number of benzene rings is 1. The van der Waals surface area contributed by atoms with Gasteiger partial charge in [0, 0.05) is 19.3 Å². The van der Waals surface area contributed by atoms with E-state index in [9.17, 15) is 18.0 Å². The minimum atomic E-state index is -4.51. The minimum Gasteiger partial charge on any atom is -0.382 e. The molecule has 174 valence electrons. The molecule has 10 heteroatoms. The van der Waals surface area contributed by atoms with Gasteiger partial charge in [-0.3, -0.25) is 9.69 Å². The average Bonchev–Trinajstić information content (AvgIpc) is 2.81. The zero-order valence-electron chi connectivity index (χ0n) is 17.7. The van der Waals surface area contributed by atoms with Crippen molar-refractivity contribution in [1.82, 2.24) is 19.7 Å². The third kappa shape index (κ3) is 5.72. The van der Waals surface area contributed by atoms with Gasteiger partial charge in [0.05, 0.1) is 17.4 Å². The number of hydrogen-bond acceptors (Lipinski definition) is 5. The summed E-state index contributed by atoms with van der Waals surface area (Å²) in [5.41, 5.74) is 0.150. The molecule has 0 unspecified atom stereocenters. The first-order chi connectivity index (χ1) is 15.8. The molecule has 0 saturated carbocycles. The lowest BCUT2D eigenvalue weighted by molar-refractivity contribution is -0.137. The van der Waals surface area contributed by atoms with E-state index in [-0.39, 0.29) is 10.8 Å². The zero-order chi connectivity index (χ0) is 23.4. The van der Waals surface area contributed by atoms with Crippen molar-refractivity contribution in [2.75, 3.05) is 25.0 Å². The Kier molecular flexibility index (Phi) is 6.99. The molecule has 4 rings (SSSR count). The van der Waals surface area contributed by atoms with Crippen LogP contribution in [0.15, 0.2) is 59.7 Å². The maximum atomic E-state index is 12.7. The van der Waals surface area contributed by atoms with Crippen molar-refractivity contribution in [1.29, 1.82) is 0 Å². The molecule has 1 aliphatic rings. The largest absolute Gasteiger partial charge is 0.417 e. The first-order valence-corrected chi connectivity index (χ1v) is 11.0. The number of nitrogens with zero attached hydrogens (tertiary/aromatic N) is 4. The Morgan fingerprint density at radius 2 is 1.79 bits per heavy atom. The van der Waals surface area contributed by atoms with Crippen LogP contribution in [0, 0.1) is 5.92 Å². The molecule has 1 aromatic carbocycles. The fourth-order valence-electron chi connectivity index (χ4n) is 3.84. The van der Waals surface area contributed by atoms with Gasteiger partial charge in [-0.15, -0.1) is 0 Å². The Balaban J connectivity index is 1.34. The molecule has 0 aliphatic carbocycles. The first-order valence-electron chi connectivity index (χ1n) is 10.6. The third-order valence-electron chi connectivity index (χ3n) is 5.75. The van der Waals surface area contributed by atoms with Gasteiger partial charge in [0.15, 0.2) is 5.82 Å². The number of likely N-dealkylation sites (tertiary alicyclic amines) is 1. The summed E-state index contributed by atoms with van der Waals surface area (Å²) < 4.78 is 39.0. The van der Waals surface area contributed by atoms with Gasteiger partial charge in [0.25, 0.3) is 5.56 Å². The highest BCUT2D eigenvalue weighted by molar-refractivity contribution is 6.32. The molecule has 1 fully saturated rings. The first kappa shape index (κ1) is 23.3. The van der Waals surface area contributed by atoms with Crippen LogP contribution in [-0.4, -0.2) is 39.3 Å². The summed E-state index contributed by atoms with van der Waals surface area (Å²) in [6.07, 6.45) is -0.400. The van der Waals surface area contributed by atoms with Crippen LogP contribution >= 0.6 is 11.6 Å². The third-order valence-corrected chi connectivity index (χ3v) is 6.11. The van der Waals surface area contributed by atoms with Crippen LogP contribution < -0.4 is 10.9 Å². The van der Waals surface area contributed by atoms with E-state index in [0.29, 0.717) is 24.3 Å². The van der Waals surface area contributed by atoms with Crippen LogP contribution in [0.2, 0.25) is 5.02 Å². The van der Waals surface area contributed by atoms with Crippen molar-refractivity contribution in [3.05, 3.63) is 81.4 Å². The summed E-state index contributed by atoms with van der Waals surface area (Å²) in [5.74, 6) is 0.402. The Morgan fingerprint density at radius 1 is 1.06 bits per heavy atom. The number of alkyl halides is 3. The summed E-state index contributed by atoms with van der Waals surface area (Å²) in [6, 6.07) is 12.3. The predicted octanol–water partition coefficient (Wildman–Crippen LogP) is 4.62. The molecular weight excluding hydrogens is 455 g/mol. The molecular formula is C23H23ClF3N5O. The highest BCUT2D eigenvalue weighted by Crippen LogP contribution is 2.28. The van der Waals surface area contributed by atoms with E-state index in [1.165, 1.54) is 11.8 Å². The maximum absolute atomic E-state index is 12.7. The molecule has 3 aromatic rings. The normalized spacial score (nSPS) is 15.5. The summed E-state index contributed by atoms with van der Waals surface area (Å²) in [5, 5.41) is 7.15. The van der Waals surface area contributed by atoms with Gasteiger partial charge in [-0.05, 0) is 49.5 Å². The monoisotopic (exact) mass is 477 g/mol. The van der Waals surface area contributed by atoms with Crippen molar-refractivity contribution < 1.29 is 13.2 Å². The predicted molar refractivity (Wildman–Crippen MR) is 121 cm³/mol. The molecule has 1 saturated heterocycles. The van der Waals surface area contributed by atoms with Gasteiger partial charge in [0.2, 0.25) is 0 Å². The van der Waals surface area contributed by atoms with E-state index >= 15 is 0 Å². The van der Waals surface area contributed by atoms with E-state index in [4.69, 9.17) is 11.6 Å². The lowest BCUT2D eigenvalue weighted by Gasteiger charge is -2.32. The molecule has 0 bridgehead atoms. The second-order valence-corrected chi connectivity index (χ2v) is 8.46. The molecule has 6 nitrogen and oxygen atoms in total. The molecule has 0 amide bonds. The summed E-state index contributed by atoms with van der Waals surface area (Å²) in [7, 11) is 0. The lowest BCUT2D eigenvalue weighted by atomic mass is 9.96. The summed E-state index contributed by atoms with van der Waals surface area (Å²) in [6.45, 7) is 3.58. The maximum Gasteiger partial charge on any atom is 0.417 e. The number of halogens is 4. The SMILES string of the molecule is O=c1c(Cl)c(NCC2CCN(Cc3ccccc3)CC2)cnn1-c1ccc(C(F)(F)F)cn1. The molecule has 33 heavy (non-hydrogen) atoms. The van der Waals surface area contributed by atoms with Crippen LogP contribution in [0.5, 0.6) is 0 Å². The average molecular weight is 478 g/mol. The van der Waals surface area contributed by atoms with Crippen LogP contribution in [0.3, 0.4) is 0 Å². The van der Waals surface area contributed by atoms with Crippen molar-refractivity contribution in [3.8, 4) is 5.82 Å². The minimum absolute atomic E-state index is 0.0350. The van der Waals surface area contributed by atoms with Gasteiger partial charge in [-0.2, -0.15) is 23.0 Å². The number of rotatable bonds is 6. The number of hydrogen-bond donors (Lipinski definition) is 1. The van der Waals surface area contributed by atoms with E-state index in [0.717, 1.165) is 49.3 Å². The van der Waals surface area contributed by atoms with E-state index < -0.39 is 17.3 Å². The summed E-state index contributed by atoms with van der Waals surface area (Å²) in [4.78, 5) is 18.7. The Labute approximate surface area is 194 Å². The molecule has 0 spiro atoms. The molecule has 3 heterocycles. The Morgan fingerprint density at radius 3 is 2.42 bits per heavy atom. The quantitative estimate of drug-likeness (QED) is 0.561. The van der Waals surface area contributed by atoms with Gasteiger partial charge >= 0.3 is 6.18 Å². The fourth-order valence-corrected chi connectivity index (χ4v) is 4.04. The number of piperidine rings is 1. The van der Waals surface area contributed by atoms with E-state index in [1.807, 2.05) is 18.2 Å². The molecule has 1 N–H and O–H groups in total. The molecule has 1 aliphatic heterocycles. The van der Waals surface area contributed by atoms with Gasteiger partial charge < -0.3 is 5.32 Å². The van der Waals surface area contributed by atoms with E-state index in [1.54, 1.807) is 0 Å². The number of aromatic nitrogens is 3. The number of pyridine rings is 1. The van der Waals surface area contributed by atoms with E-state index in [2.05, 4.69) is 32.4 Å². The van der Waals surface area contributed by atoms with Crippen molar-refractivity contribution >= 4 is 17.3 Å². The fraction of sp³-hybridized carbons (Fsp3) is 0.348. The number of nitrogens with one attached hydrogen (secondary N) is 1. The summed E-state index contributed by atoms with van der Waals surface area (Å²) >= 11 is 6.23. The van der Waals surface area contributed by atoms with Crippen LogP contribution in [-0.2, 0) is 12.7 Å². The second kappa shape index (κ2) is 9.93. The van der Waals surface area contributed by atoms with Crippen LogP contribution in [0.25, 0.3) is 5.82 Å². The van der Waals surface area contributed by atoms with Gasteiger partial charge in [-0.1, -0.05) is 41.9 Å². The second-order valence-electron chi connectivity index (χ2n) is 8.08. The lowest BCUT2D eigenvalue weighted by Crippen LogP contribution is -2.35. The van der Waals surface area contributed by atoms with Crippen molar-refractivity contribution in [2.24, 2.45) is 5.92 Å². The molecule has 2 aromatic heterocycles. The number of anilines is 1. The van der Waals surface area contributed by atoms with Crippen LogP contribution in [0.4, 0.5) is 18.9 Å². The Bertz CT molecular complexity index is 1130. The van der Waals surface area contributed by atoms with Gasteiger partial charge in [0.1, 0.15) is 5.02 Å². The van der Waals surface area contributed by atoms with Crippen molar-refractivity contribution in [2.45, 2.75) is 25.6 Å². The topological polar surface area (TPSA) is 63.1 Å². The smallest absolute Gasteiger partial charge is 0.382 e. The highest BCUT2D eigenvalue weighted by atomic mass is 35.5.